The molecule has 5 heteroatoms. The van der Waals surface area contributed by atoms with E-state index in [-0.39, 0.29) is 12.5 Å². The van der Waals surface area contributed by atoms with Crippen LogP contribution in [-0.4, -0.2) is 29.2 Å². The molecule has 0 unspecified atom stereocenters. The molecule has 2 aromatic carbocycles. The van der Waals surface area contributed by atoms with Crippen molar-refractivity contribution in [2.24, 2.45) is 0 Å². The Kier molecular flexibility index (Phi) is 6.91. The highest BCUT2D eigenvalue weighted by atomic mass is 35.5. The predicted molar refractivity (Wildman–Crippen MR) is 90.4 cm³/mol. The summed E-state index contributed by atoms with van der Waals surface area (Å²) in [4.78, 5) is 11.9. The normalized spacial score (nSPS) is 13.1. The number of aliphatic hydroxyl groups excluding tert-OH is 1. The number of hydrogen-bond donors (Lipinski definition) is 2. The number of carbonyl (C=O) groups excluding carboxylic acids is 1. The van der Waals surface area contributed by atoms with Gasteiger partial charge >= 0.3 is 6.09 Å². The van der Waals surface area contributed by atoms with Crippen LogP contribution >= 0.6 is 11.6 Å². The topological polar surface area (TPSA) is 58.6 Å². The molecule has 122 valence electrons. The summed E-state index contributed by atoms with van der Waals surface area (Å²) in [5, 5.41) is 12.7. The van der Waals surface area contributed by atoms with Gasteiger partial charge in [-0.3, -0.25) is 0 Å². The van der Waals surface area contributed by atoms with E-state index in [9.17, 15) is 9.90 Å². The largest absolute Gasteiger partial charge is 0.445 e. The molecule has 0 saturated heterocycles. The van der Waals surface area contributed by atoms with Crippen molar-refractivity contribution in [1.29, 1.82) is 0 Å². The minimum Gasteiger partial charge on any atom is -0.445 e. The minimum atomic E-state index is -0.846. The molecule has 2 atom stereocenters. The van der Waals surface area contributed by atoms with Crippen molar-refractivity contribution < 1.29 is 14.6 Å². The fraction of sp³-hybridized carbons (Fsp3) is 0.278. The smallest absolute Gasteiger partial charge is 0.407 e. The molecule has 4 nitrogen and oxygen atoms in total. The summed E-state index contributed by atoms with van der Waals surface area (Å²) in [6.07, 6.45) is -0.935. The van der Waals surface area contributed by atoms with Gasteiger partial charge < -0.3 is 15.2 Å². The number of alkyl carbamates (subject to hydrolysis) is 1. The maximum Gasteiger partial charge on any atom is 0.407 e. The van der Waals surface area contributed by atoms with E-state index in [1.807, 2.05) is 60.7 Å². The minimum absolute atomic E-state index is 0.0382. The Bertz CT molecular complexity index is 592. The van der Waals surface area contributed by atoms with Crippen LogP contribution in [0.3, 0.4) is 0 Å². The summed E-state index contributed by atoms with van der Waals surface area (Å²) < 4.78 is 5.19. The van der Waals surface area contributed by atoms with Gasteiger partial charge in [0.25, 0.3) is 0 Å². The van der Waals surface area contributed by atoms with Crippen LogP contribution in [0, 0.1) is 0 Å². The zero-order valence-corrected chi connectivity index (χ0v) is 13.4. The summed E-state index contributed by atoms with van der Waals surface area (Å²) in [6, 6.07) is 18.5. The van der Waals surface area contributed by atoms with E-state index >= 15 is 0 Å². The maximum absolute atomic E-state index is 11.9. The Balaban J connectivity index is 1.90. The standard InChI is InChI=1S/C18H20ClNO3/c19-12-17(21)16(11-14-7-3-1-4-8-14)20-18(22)23-13-15-9-5-2-6-10-15/h1-10,16-17,21H,11-13H2,(H,20,22)/t16-,17+/m1/s1. The quantitative estimate of drug-likeness (QED) is 0.765. The number of carbonyl (C=O) groups is 1. The second-order valence-electron chi connectivity index (χ2n) is 5.22. The van der Waals surface area contributed by atoms with E-state index in [1.54, 1.807) is 0 Å². The van der Waals surface area contributed by atoms with E-state index in [1.165, 1.54) is 0 Å². The molecule has 0 radical (unpaired) electrons. The number of hydrogen-bond acceptors (Lipinski definition) is 3. The van der Waals surface area contributed by atoms with Gasteiger partial charge in [0.05, 0.1) is 18.0 Å². The van der Waals surface area contributed by atoms with Gasteiger partial charge in [0.2, 0.25) is 0 Å². The van der Waals surface area contributed by atoms with Crippen LogP contribution in [0.1, 0.15) is 11.1 Å². The van der Waals surface area contributed by atoms with Crippen molar-refractivity contribution in [1.82, 2.24) is 5.32 Å². The number of aliphatic hydroxyl groups is 1. The van der Waals surface area contributed by atoms with Gasteiger partial charge in [-0.15, -0.1) is 11.6 Å². The van der Waals surface area contributed by atoms with Crippen LogP contribution in [0.5, 0.6) is 0 Å². The predicted octanol–water partition coefficient (Wildman–Crippen LogP) is 3.12. The monoisotopic (exact) mass is 333 g/mol. The molecule has 0 fully saturated rings. The van der Waals surface area contributed by atoms with Crippen molar-refractivity contribution in [2.45, 2.75) is 25.2 Å². The molecule has 2 aromatic rings. The summed E-state index contributed by atoms with van der Waals surface area (Å²) >= 11 is 5.73. The number of amides is 1. The van der Waals surface area contributed by atoms with Crippen molar-refractivity contribution in [3.8, 4) is 0 Å². The van der Waals surface area contributed by atoms with Crippen LogP contribution in [0.4, 0.5) is 4.79 Å². The highest BCUT2D eigenvalue weighted by Crippen LogP contribution is 2.08. The third-order valence-electron chi connectivity index (χ3n) is 3.44. The molecule has 0 saturated carbocycles. The van der Waals surface area contributed by atoms with Crippen LogP contribution in [-0.2, 0) is 17.8 Å². The van der Waals surface area contributed by atoms with Gasteiger partial charge in [-0.25, -0.2) is 4.79 Å². The van der Waals surface area contributed by atoms with E-state index in [4.69, 9.17) is 16.3 Å². The first-order chi connectivity index (χ1) is 11.2. The molecule has 0 aromatic heterocycles. The number of rotatable bonds is 7. The van der Waals surface area contributed by atoms with Crippen molar-refractivity contribution in [3.63, 3.8) is 0 Å². The zero-order chi connectivity index (χ0) is 16.5. The average molecular weight is 334 g/mol. The van der Waals surface area contributed by atoms with E-state index in [2.05, 4.69) is 5.32 Å². The lowest BCUT2D eigenvalue weighted by Gasteiger charge is -2.22. The molecular formula is C18H20ClNO3. The second-order valence-corrected chi connectivity index (χ2v) is 5.53. The van der Waals surface area contributed by atoms with Crippen LogP contribution < -0.4 is 5.32 Å². The van der Waals surface area contributed by atoms with E-state index in [0.29, 0.717) is 6.42 Å². The Morgan fingerprint density at radius 1 is 1.04 bits per heavy atom. The van der Waals surface area contributed by atoms with Gasteiger partial charge in [0.1, 0.15) is 6.61 Å². The highest BCUT2D eigenvalue weighted by Gasteiger charge is 2.21. The van der Waals surface area contributed by atoms with E-state index < -0.39 is 18.2 Å². The number of halogens is 1. The van der Waals surface area contributed by atoms with Crippen LogP contribution in [0.25, 0.3) is 0 Å². The molecule has 1 amide bonds. The van der Waals surface area contributed by atoms with E-state index in [0.717, 1.165) is 11.1 Å². The molecule has 2 rings (SSSR count). The Hall–Kier alpha value is -2.04. The summed E-state index contributed by atoms with van der Waals surface area (Å²) in [5.41, 5.74) is 1.91. The third-order valence-corrected chi connectivity index (χ3v) is 3.75. The number of alkyl halides is 1. The lowest BCUT2D eigenvalue weighted by molar-refractivity contribution is 0.110. The third kappa shape index (κ3) is 5.93. The molecule has 23 heavy (non-hydrogen) atoms. The maximum atomic E-state index is 11.9. The van der Waals surface area contributed by atoms with Crippen LogP contribution in [0.2, 0.25) is 0 Å². The van der Waals surface area contributed by atoms with Gasteiger partial charge in [-0.1, -0.05) is 60.7 Å². The Morgan fingerprint density at radius 2 is 1.61 bits per heavy atom. The van der Waals surface area contributed by atoms with Crippen molar-refractivity contribution in [2.75, 3.05) is 5.88 Å². The summed E-state index contributed by atoms with van der Waals surface area (Å²) in [5.74, 6) is 0.0382. The highest BCUT2D eigenvalue weighted by molar-refractivity contribution is 6.18. The van der Waals surface area contributed by atoms with Gasteiger partial charge in [-0.05, 0) is 17.5 Å². The lowest BCUT2D eigenvalue weighted by atomic mass is 10.0. The zero-order valence-electron chi connectivity index (χ0n) is 12.7. The first-order valence-corrected chi connectivity index (χ1v) is 7.97. The Labute approximate surface area is 141 Å². The fourth-order valence-electron chi connectivity index (χ4n) is 2.17. The summed E-state index contributed by atoms with van der Waals surface area (Å²) in [7, 11) is 0. The first-order valence-electron chi connectivity index (χ1n) is 7.44. The second kappa shape index (κ2) is 9.18. The lowest BCUT2D eigenvalue weighted by Crippen LogP contribution is -2.45. The molecule has 0 aliphatic rings. The first kappa shape index (κ1) is 17.3. The fourth-order valence-corrected chi connectivity index (χ4v) is 2.39. The number of nitrogens with one attached hydrogen (secondary N) is 1. The van der Waals surface area contributed by atoms with Gasteiger partial charge in [0, 0.05) is 0 Å². The number of benzene rings is 2. The molecule has 0 spiro atoms. The van der Waals surface area contributed by atoms with Crippen molar-refractivity contribution >= 4 is 17.7 Å². The number of ether oxygens (including phenoxy) is 1. The Morgan fingerprint density at radius 3 is 2.17 bits per heavy atom. The molecule has 0 bridgehead atoms. The molecule has 0 heterocycles. The van der Waals surface area contributed by atoms with Crippen molar-refractivity contribution in [3.05, 3.63) is 71.8 Å². The summed E-state index contributed by atoms with van der Waals surface area (Å²) in [6.45, 7) is 0.182. The average Bonchev–Trinajstić information content (AvgIpc) is 2.60. The SMILES string of the molecule is O=C(N[C@H](Cc1ccccc1)[C@@H](O)CCl)OCc1ccccc1. The van der Waals surface area contributed by atoms with Crippen LogP contribution in [0.15, 0.2) is 60.7 Å². The molecule has 2 N–H and O–H groups in total. The molecular weight excluding hydrogens is 314 g/mol. The molecule has 0 aliphatic heterocycles. The van der Waals surface area contributed by atoms with Gasteiger partial charge in [-0.2, -0.15) is 0 Å². The molecule has 0 aliphatic carbocycles. The van der Waals surface area contributed by atoms with Gasteiger partial charge in [0.15, 0.2) is 0 Å².